The molecule has 2 aromatic carbocycles. The molecular weight excluding hydrogens is 701 g/mol. The van der Waals surface area contributed by atoms with Crippen LogP contribution >= 0.6 is 0 Å². The molecule has 0 aliphatic carbocycles. The Kier molecular flexibility index (Phi) is 28.4. The van der Waals surface area contributed by atoms with Gasteiger partial charge in [0.25, 0.3) is 0 Å². The van der Waals surface area contributed by atoms with Crippen LogP contribution in [0, 0.1) is 0 Å². The number of rotatable bonds is 37. The van der Waals surface area contributed by atoms with Crippen molar-refractivity contribution in [1.82, 2.24) is 0 Å². The summed E-state index contributed by atoms with van der Waals surface area (Å²) in [6.45, 7) is 9.16. The van der Waals surface area contributed by atoms with Crippen LogP contribution < -0.4 is 0 Å². The molecule has 0 radical (unpaired) electrons. The standard InChI is InChI=1S/C56H92N2/c1-5-9-13-14-15-16-17-18-19-20-21-22-23-24-25-26-27-28-29-30-31-32-33-36-40-54-53(39-12-8-4)55(51-45-41-49(42-46-51)37-34-10-6-2)58(57)56(54)52-47-43-50(44-48-52)38-35-11-7-3/h40-48,57H,5-39H2,1-4H3. The Morgan fingerprint density at radius 3 is 1.12 bits per heavy atom. The van der Waals surface area contributed by atoms with Crippen molar-refractivity contribution in [2.75, 3.05) is 0 Å². The minimum absolute atomic E-state index is 1.03. The van der Waals surface area contributed by atoms with E-state index in [0.717, 1.165) is 43.5 Å². The third-order valence-corrected chi connectivity index (χ3v) is 12.8. The lowest BCUT2D eigenvalue weighted by molar-refractivity contribution is -0.347. The molecule has 0 fully saturated rings. The molecule has 2 aromatic rings. The van der Waals surface area contributed by atoms with E-state index in [1.165, 1.54) is 226 Å². The zero-order valence-corrected chi connectivity index (χ0v) is 38.9. The van der Waals surface area contributed by atoms with Gasteiger partial charge < -0.3 is 5.84 Å². The maximum Gasteiger partial charge on any atom is 0.215 e. The maximum atomic E-state index is 9.63. The summed E-state index contributed by atoms with van der Waals surface area (Å²) in [5.41, 5.74) is 10.1. The van der Waals surface area contributed by atoms with Crippen LogP contribution in [0.15, 0.2) is 65.8 Å². The molecule has 0 amide bonds. The van der Waals surface area contributed by atoms with Gasteiger partial charge in [0.05, 0.1) is 5.57 Å². The van der Waals surface area contributed by atoms with Gasteiger partial charge in [0, 0.05) is 16.7 Å². The summed E-state index contributed by atoms with van der Waals surface area (Å²) in [5.74, 6) is 9.63. The molecule has 0 aromatic heterocycles. The number of nitrogens with one attached hydrogen (secondary N) is 1. The highest BCUT2D eigenvalue weighted by atomic mass is 15.3. The first kappa shape index (κ1) is 49.8. The van der Waals surface area contributed by atoms with Crippen molar-refractivity contribution in [2.24, 2.45) is 0 Å². The Hall–Kier alpha value is -2.61. The summed E-state index contributed by atoms with van der Waals surface area (Å²) < 4.78 is 1.80. The van der Waals surface area contributed by atoms with Gasteiger partial charge in [-0.15, -0.1) is 0 Å². The van der Waals surface area contributed by atoms with Crippen LogP contribution in [-0.2, 0) is 12.8 Å². The van der Waals surface area contributed by atoms with Crippen LogP contribution in [0.1, 0.15) is 262 Å². The SMILES string of the molecule is CCCCCCCCCCCCCCCCCCCCCCCCCC=C1C(CCCC)=C(c2ccc(CCCCC)cc2)[N+]([NH-])=C1c1ccc(CCCCC)cc1. The summed E-state index contributed by atoms with van der Waals surface area (Å²) in [5, 5.41) is 0. The van der Waals surface area contributed by atoms with Crippen LogP contribution in [0.2, 0.25) is 0 Å². The number of nitrogens with zero attached hydrogens (tertiary/aromatic N) is 1. The Labute approximate surface area is 361 Å². The predicted molar refractivity (Wildman–Crippen MR) is 259 cm³/mol. The number of hydrogen-bond acceptors (Lipinski definition) is 0. The van der Waals surface area contributed by atoms with E-state index in [2.05, 4.69) is 82.3 Å². The lowest BCUT2D eigenvalue weighted by Gasteiger charge is -2.09. The third kappa shape index (κ3) is 20.1. The van der Waals surface area contributed by atoms with E-state index in [-0.39, 0.29) is 0 Å². The number of unbranched alkanes of at least 4 members (excludes halogenated alkanes) is 28. The van der Waals surface area contributed by atoms with Gasteiger partial charge in [-0.25, -0.2) is 4.68 Å². The number of hydrogen-bond donors (Lipinski definition) is 0. The second kappa shape index (κ2) is 33.1. The van der Waals surface area contributed by atoms with Crippen LogP contribution in [0.3, 0.4) is 0 Å². The summed E-state index contributed by atoms with van der Waals surface area (Å²) in [6, 6.07) is 18.4. The monoisotopic (exact) mass is 793 g/mol. The van der Waals surface area contributed by atoms with Gasteiger partial charge >= 0.3 is 0 Å². The minimum atomic E-state index is 1.03. The van der Waals surface area contributed by atoms with E-state index in [4.69, 9.17) is 0 Å². The Morgan fingerprint density at radius 1 is 0.379 bits per heavy atom. The topological polar surface area (TPSA) is 26.8 Å². The number of aryl methyl sites for hydroxylation is 2. The first-order chi connectivity index (χ1) is 28.6. The summed E-state index contributed by atoms with van der Waals surface area (Å²) in [6.07, 6.45) is 49.7. The fraction of sp³-hybridized carbons (Fsp3) is 0.696. The van der Waals surface area contributed by atoms with E-state index >= 15 is 0 Å². The zero-order valence-electron chi connectivity index (χ0n) is 38.9. The van der Waals surface area contributed by atoms with Crippen molar-refractivity contribution in [3.05, 3.63) is 93.8 Å². The first-order valence-electron chi connectivity index (χ1n) is 25.6. The summed E-state index contributed by atoms with van der Waals surface area (Å²) in [4.78, 5) is 0. The quantitative estimate of drug-likeness (QED) is 0.0481. The Morgan fingerprint density at radius 2 is 0.724 bits per heavy atom. The van der Waals surface area contributed by atoms with E-state index in [9.17, 15) is 5.84 Å². The first-order valence-corrected chi connectivity index (χ1v) is 25.6. The van der Waals surface area contributed by atoms with Gasteiger partial charge in [-0.2, -0.15) is 0 Å². The second-order valence-corrected chi connectivity index (χ2v) is 18.1. The van der Waals surface area contributed by atoms with Crippen molar-refractivity contribution in [3.63, 3.8) is 0 Å². The molecule has 2 nitrogen and oxygen atoms in total. The van der Waals surface area contributed by atoms with Gasteiger partial charge in [0.1, 0.15) is 0 Å². The molecule has 3 rings (SSSR count). The highest BCUT2D eigenvalue weighted by molar-refractivity contribution is 6.16. The molecule has 1 aliphatic heterocycles. The van der Waals surface area contributed by atoms with Crippen molar-refractivity contribution in [1.29, 1.82) is 0 Å². The van der Waals surface area contributed by atoms with Crippen LogP contribution in [0.5, 0.6) is 0 Å². The molecule has 2 heteroatoms. The Bertz CT molecular complexity index is 1390. The second-order valence-electron chi connectivity index (χ2n) is 18.1. The third-order valence-electron chi connectivity index (χ3n) is 12.8. The van der Waals surface area contributed by atoms with Crippen molar-refractivity contribution in [2.45, 2.75) is 252 Å². The van der Waals surface area contributed by atoms with E-state index in [1.807, 2.05) is 0 Å². The predicted octanol–water partition coefficient (Wildman–Crippen LogP) is 18.8. The lowest BCUT2D eigenvalue weighted by Crippen LogP contribution is -2.11. The van der Waals surface area contributed by atoms with Gasteiger partial charge in [-0.1, -0.05) is 231 Å². The molecule has 0 atom stereocenters. The van der Waals surface area contributed by atoms with E-state index in [0.29, 0.717) is 0 Å². The fourth-order valence-corrected chi connectivity index (χ4v) is 9.05. The van der Waals surface area contributed by atoms with Crippen molar-refractivity contribution in [3.8, 4) is 0 Å². The largest absolute Gasteiger partial charge is 0.448 e. The molecule has 1 aliphatic rings. The molecule has 1 N–H and O–H groups in total. The molecule has 0 saturated heterocycles. The van der Waals surface area contributed by atoms with Gasteiger partial charge in [0.15, 0.2) is 0 Å². The fourth-order valence-electron chi connectivity index (χ4n) is 9.05. The number of allylic oxidation sites excluding steroid dienone is 3. The minimum Gasteiger partial charge on any atom is -0.448 e. The smallest absolute Gasteiger partial charge is 0.215 e. The van der Waals surface area contributed by atoms with Crippen molar-refractivity contribution >= 4 is 11.4 Å². The molecule has 0 unspecified atom stereocenters. The molecule has 0 spiro atoms. The van der Waals surface area contributed by atoms with Crippen LogP contribution in [0.4, 0.5) is 0 Å². The maximum absolute atomic E-state index is 9.63. The molecule has 0 bridgehead atoms. The molecule has 326 valence electrons. The Balaban J connectivity index is 1.43. The molecule has 1 heterocycles. The molecule has 58 heavy (non-hydrogen) atoms. The molecular formula is C56H92N2. The van der Waals surface area contributed by atoms with Crippen molar-refractivity contribution < 1.29 is 4.68 Å². The molecule has 0 saturated carbocycles. The van der Waals surface area contributed by atoms with Crippen LogP contribution in [-0.4, -0.2) is 10.4 Å². The van der Waals surface area contributed by atoms with Gasteiger partial charge in [-0.3, -0.25) is 0 Å². The van der Waals surface area contributed by atoms with Gasteiger partial charge in [-0.05, 0) is 86.8 Å². The average Bonchev–Trinajstić information content (AvgIpc) is 3.52. The summed E-state index contributed by atoms with van der Waals surface area (Å²) >= 11 is 0. The summed E-state index contributed by atoms with van der Waals surface area (Å²) in [7, 11) is 0. The normalized spacial score (nSPS) is 13.8. The zero-order chi connectivity index (χ0) is 41.3. The highest BCUT2D eigenvalue weighted by Gasteiger charge is 2.34. The van der Waals surface area contributed by atoms with Crippen LogP contribution in [0.25, 0.3) is 11.5 Å². The van der Waals surface area contributed by atoms with Gasteiger partial charge in [0.2, 0.25) is 11.4 Å². The highest BCUT2D eigenvalue weighted by Crippen LogP contribution is 2.38. The average molecular weight is 793 g/mol. The lowest BCUT2D eigenvalue weighted by atomic mass is 9.91. The van der Waals surface area contributed by atoms with E-state index < -0.39 is 0 Å². The van der Waals surface area contributed by atoms with E-state index in [1.54, 1.807) is 4.68 Å². The number of benzene rings is 2.